The summed E-state index contributed by atoms with van der Waals surface area (Å²) in [4.78, 5) is 11.0. The number of rotatable bonds is 1. The van der Waals surface area contributed by atoms with Gasteiger partial charge in [-0.15, -0.1) is 0 Å². The summed E-state index contributed by atoms with van der Waals surface area (Å²) in [5.74, 6) is -2.29. The van der Waals surface area contributed by atoms with Gasteiger partial charge in [0.1, 0.15) is 6.10 Å². The van der Waals surface area contributed by atoms with Gasteiger partial charge in [0.05, 0.1) is 0 Å². The van der Waals surface area contributed by atoms with Gasteiger partial charge in [-0.2, -0.15) is 0 Å². The highest BCUT2D eigenvalue weighted by Crippen LogP contribution is 2.42. The zero-order valence-corrected chi connectivity index (χ0v) is 8.76. The monoisotopic (exact) mass is 218 g/mol. The van der Waals surface area contributed by atoms with Crippen molar-refractivity contribution in [2.45, 2.75) is 50.7 Å². The lowest BCUT2D eigenvalue weighted by molar-refractivity contribution is -0.229. The van der Waals surface area contributed by atoms with Gasteiger partial charge in [0.25, 0.3) is 0 Å². The second kappa shape index (κ2) is 2.91. The zero-order chi connectivity index (χ0) is 11.4. The van der Waals surface area contributed by atoms with Gasteiger partial charge in [-0.25, -0.2) is 4.79 Å². The molecule has 0 aromatic carbocycles. The molecule has 2 fully saturated rings. The quantitative estimate of drug-likeness (QED) is 0.628. The first kappa shape index (κ1) is 10.8. The van der Waals surface area contributed by atoms with Crippen LogP contribution < -0.4 is 0 Å². The molecular formula is C9H14O6. The molecule has 2 N–H and O–H groups in total. The number of carbonyl (C=O) groups is 1. The average Bonchev–Trinajstić information content (AvgIpc) is 2.48. The Labute approximate surface area is 86.7 Å². The maximum Gasteiger partial charge on any atom is 0.341 e. The van der Waals surface area contributed by atoms with E-state index in [2.05, 4.69) is 0 Å². The Balaban J connectivity index is 2.30. The smallest absolute Gasteiger partial charge is 0.341 e. The Morgan fingerprint density at radius 2 is 1.93 bits per heavy atom. The third kappa shape index (κ3) is 1.37. The van der Waals surface area contributed by atoms with Crippen molar-refractivity contribution in [3.05, 3.63) is 0 Å². The summed E-state index contributed by atoms with van der Waals surface area (Å²) in [5.41, 5.74) is -2.04. The van der Waals surface area contributed by atoms with Crippen LogP contribution in [0.4, 0.5) is 0 Å². The van der Waals surface area contributed by atoms with Crippen molar-refractivity contribution < 1.29 is 29.2 Å². The van der Waals surface area contributed by atoms with Gasteiger partial charge < -0.3 is 24.4 Å². The molecule has 4 atom stereocenters. The minimum atomic E-state index is -2.04. The van der Waals surface area contributed by atoms with Crippen LogP contribution in [-0.2, 0) is 19.0 Å². The molecule has 2 saturated heterocycles. The molecule has 0 bridgehead atoms. The average molecular weight is 218 g/mol. The second-order valence-corrected chi connectivity index (χ2v) is 4.33. The summed E-state index contributed by atoms with van der Waals surface area (Å²) in [5, 5.41) is 19.0. The first-order chi connectivity index (χ1) is 6.77. The van der Waals surface area contributed by atoms with Crippen molar-refractivity contribution in [2.75, 3.05) is 0 Å². The third-order valence-electron chi connectivity index (χ3n) is 2.79. The fourth-order valence-electron chi connectivity index (χ4n) is 1.96. The van der Waals surface area contributed by atoms with Crippen LogP contribution in [0.15, 0.2) is 0 Å². The van der Waals surface area contributed by atoms with E-state index in [1.807, 2.05) is 0 Å². The van der Waals surface area contributed by atoms with Crippen LogP contribution in [0.3, 0.4) is 0 Å². The molecule has 2 heterocycles. The summed E-state index contributed by atoms with van der Waals surface area (Å²) in [6, 6.07) is 0. The summed E-state index contributed by atoms with van der Waals surface area (Å²) < 4.78 is 15.9. The molecule has 0 radical (unpaired) electrons. The van der Waals surface area contributed by atoms with Gasteiger partial charge in [-0.1, -0.05) is 0 Å². The number of carboxylic acids is 1. The largest absolute Gasteiger partial charge is 0.479 e. The standard InChI is InChI=1S/C9H14O6/c1-4-9(12,7(10)11)5-6(13-4)15-8(2,3)14-5/h4-6,12H,1-3H3,(H,10,11)/t4-,5-,6+,9+/m0/s1. The number of fused-ring (bicyclic) bond motifs is 1. The SMILES string of the molecule is C[C@@H]1O[C@@H]2OC(C)(C)O[C@@H]2[C@@]1(O)C(=O)O. The number of aliphatic hydroxyl groups is 1. The van der Waals surface area contributed by atoms with Gasteiger partial charge in [-0.05, 0) is 20.8 Å². The van der Waals surface area contributed by atoms with E-state index in [0.29, 0.717) is 0 Å². The van der Waals surface area contributed by atoms with Crippen LogP contribution in [-0.4, -0.2) is 46.1 Å². The van der Waals surface area contributed by atoms with E-state index < -0.39 is 35.9 Å². The molecule has 6 heteroatoms. The molecule has 2 rings (SSSR count). The summed E-state index contributed by atoms with van der Waals surface area (Å²) in [6.07, 6.45) is -2.67. The number of ether oxygens (including phenoxy) is 3. The van der Waals surface area contributed by atoms with Crippen LogP contribution in [0.5, 0.6) is 0 Å². The van der Waals surface area contributed by atoms with Crippen LogP contribution >= 0.6 is 0 Å². The lowest BCUT2D eigenvalue weighted by Gasteiger charge is -2.27. The van der Waals surface area contributed by atoms with E-state index in [9.17, 15) is 9.90 Å². The third-order valence-corrected chi connectivity index (χ3v) is 2.79. The van der Waals surface area contributed by atoms with Crippen molar-refractivity contribution in [3.8, 4) is 0 Å². The summed E-state index contributed by atoms with van der Waals surface area (Å²) >= 11 is 0. The molecule has 0 unspecified atom stereocenters. The van der Waals surface area contributed by atoms with Crippen molar-refractivity contribution in [3.63, 3.8) is 0 Å². The fraction of sp³-hybridized carbons (Fsp3) is 0.889. The van der Waals surface area contributed by atoms with E-state index in [1.54, 1.807) is 13.8 Å². The molecule has 0 aromatic rings. The predicted molar refractivity (Wildman–Crippen MR) is 47.0 cm³/mol. The van der Waals surface area contributed by atoms with E-state index in [-0.39, 0.29) is 0 Å². The summed E-state index contributed by atoms with van der Waals surface area (Å²) in [6.45, 7) is 4.76. The number of hydrogen-bond acceptors (Lipinski definition) is 5. The second-order valence-electron chi connectivity index (χ2n) is 4.33. The number of carboxylic acid groups (broad SMARTS) is 1. The molecule has 0 aromatic heterocycles. The molecule has 0 saturated carbocycles. The molecule has 0 spiro atoms. The maximum absolute atomic E-state index is 11.0. The van der Waals surface area contributed by atoms with Gasteiger partial charge in [-0.3, -0.25) is 0 Å². The molecule has 6 nitrogen and oxygen atoms in total. The van der Waals surface area contributed by atoms with Crippen LogP contribution in [0.1, 0.15) is 20.8 Å². The van der Waals surface area contributed by atoms with Crippen LogP contribution in [0, 0.1) is 0 Å². The normalized spacial score (nSPS) is 47.9. The predicted octanol–water partition coefficient (Wildman–Crippen LogP) is -0.302. The molecule has 2 aliphatic heterocycles. The van der Waals surface area contributed by atoms with Crippen LogP contribution in [0.25, 0.3) is 0 Å². The maximum atomic E-state index is 11.0. The first-order valence-electron chi connectivity index (χ1n) is 4.74. The summed E-state index contributed by atoms with van der Waals surface area (Å²) in [7, 11) is 0. The minimum absolute atomic E-state index is 0.823. The van der Waals surface area contributed by atoms with Gasteiger partial charge in [0, 0.05) is 0 Å². The Morgan fingerprint density at radius 1 is 1.33 bits per heavy atom. The van der Waals surface area contributed by atoms with Crippen molar-refractivity contribution in [2.24, 2.45) is 0 Å². The fourth-order valence-corrected chi connectivity index (χ4v) is 1.96. The van der Waals surface area contributed by atoms with Gasteiger partial charge in [0.2, 0.25) is 5.60 Å². The Hall–Kier alpha value is -0.690. The van der Waals surface area contributed by atoms with E-state index in [1.165, 1.54) is 6.92 Å². The molecule has 2 aliphatic rings. The lowest BCUT2D eigenvalue weighted by Crippen LogP contribution is -2.54. The highest BCUT2D eigenvalue weighted by molar-refractivity contribution is 5.79. The molecular weight excluding hydrogens is 204 g/mol. The highest BCUT2D eigenvalue weighted by atomic mass is 16.8. The molecule has 0 aliphatic carbocycles. The van der Waals surface area contributed by atoms with Crippen molar-refractivity contribution >= 4 is 5.97 Å². The molecule has 0 amide bonds. The van der Waals surface area contributed by atoms with Crippen molar-refractivity contribution in [1.82, 2.24) is 0 Å². The number of aliphatic carboxylic acids is 1. The number of hydrogen-bond donors (Lipinski definition) is 2. The highest BCUT2D eigenvalue weighted by Gasteiger charge is 2.65. The Morgan fingerprint density at radius 3 is 2.47 bits per heavy atom. The van der Waals surface area contributed by atoms with E-state index in [4.69, 9.17) is 19.3 Å². The molecule has 86 valence electrons. The van der Waals surface area contributed by atoms with Crippen LogP contribution in [0.2, 0.25) is 0 Å². The molecule has 15 heavy (non-hydrogen) atoms. The van der Waals surface area contributed by atoms with Gasteiger partial charge in [0.15, 0.2) is 18.2 Å². The lowest BCUT2D eigenvalue weighted by atomic mass is 9.94. The van der Waals surface area contributed by atoms with E-state index in [0.717, 1.165) is 0 Å². The minimum Gasteiger partial charge on any atom is -0.479 e. The topological polar surface area (TPSA) is 85.2 Å². The van der Waals surface area contributed by atoms with Gasteiger partial charge >= 0.3 is 5.97 Å². The Kier molecular flexibility index (Phi) is 2.10. The Bertz CT molecular complexity index is 301. The first-order valence-corrected chi connectivity index (χ1v) is 4.74. The zero-order valence-electron chi connectivity index (χ0n) is 8.76. The van der Waals surface area contributed by atoms with E-state index >= 15 is 0 Å². The van der Waals surface area contributed by atoms with Crippen molar-refractivity contribution in [1.29, 1.82) is 0 Å².